The summed E-state index contributed by atoms with van der Waals surface area (Å²) in [5.41, 5.74) is 1.69. The van der Waals surface area contributed by atoms with Crippen LogP contribution in [0.5, 0.6) is 0 Å². The third-order valence-electron chi connectivity index (χ3n) is 3.74. The van der Waals surface area contributed by atoms with E-state index < -0.39 is 4.92 Å². The number of furan rings is 1. The van der Waals surface area contributed by atoms with E-state index in [4.69, 9.17) is 4.42 Å². The van der Waals surface area contributed by atoms with Gasteiger partial charge in [0, 0.05) is 29.1 Å². The molecule has 0 atom stereocenters. The maximum atomic E-state index is 12.7. The summed E-state index contributed by atoms with van der Waals surface area (Å²) in [6.45, 7) is 0.981. The van der Waals surface area contributed by atoms with E-state index in [1.54, 1.807) is 40.9 Å². The van der Waals surface area contributed by atoms with Gasteiger partial charge in [-0.1, -0.05) is 18.2 Å². The Morgan fingerprint density at radius 3 is 2.52 bits per heavy atom. The van der Waals surface area contributed by atoms with Gasteiger partial charge in [0.15, 0.2) is 0 Å². The summed E-state index contributed by atoms with van der Waals surface area (Å²) in [5.74, 6) is -0.0385. The lowest BCUT2D eigenvalue weighted by atomic mass is 10.1. The fourth-order valence-electron chi connectivity index (χ4n) is 2.45. The molecule has 0 aliphatic carbocycles. The smallest absolute Gasteiger partial charge is 0.269 e. The van der Waals surface area contributed by atoms with Gasteiger partial charge in [0.05, 0.1) is 30.4 Å². The van der Waals surface area contributed by atoms with Gasteiger partial charge in [-0.3, -0.25) is 14.9 Å². The predicted octanol–water partition coefficient (Wildman–Crippen LogP) is 4.02. The van der Waals surface area contributed by atoms with E-state index in [0.717, 1.165) is 16.0 Å². The van der Waals surface area contributed by atoms with Crippen LogP contribution >= 0.6 is 11.3 Å². The van der Waals surface area contributed by atoms with E-state index in [-0.39, 0.29) is 18.0 Å². The minimum Gasteiger partial charge on any atom is -0.472 e. The van der Waals surface area contributed by atoms with E-state index in [9.17, 15) is 14.9 Å². The zero-order valence-corrected chi connectivity index (χ0v) is 14.1. The number of nitro groups is 1. The van der Waals surface area contributed by atoms with Crippen molar-refractivity contribution in [1.29, 1.82) is 0 Å². The molecular formula is C18H16N2O4S. The largest absolute Gasteiger partial charge is 0.472 e. The topological polar surface area (TPSA) is 76.6 Å². The molecule has 7 heteroatoms. The highest BCUT2D eigenvalue weighted by molar-refractivity contribution is 7.09. The molecule has 0 bridgehead atoms. The number of non-ortho nitro benzene ring substituents is 1. The van der Waals surface area contributed by atoms with Crippen molar-refractivity contribution in [1.82, 2.24) is 4.90 Å². The molecule has 0 fully saturated rings. The number of carbonyl (C=O) groups is 1. The second-order valence-corrected chi connectivity index (χ2v) is 6.59. The third-order valence-corrected chi connectivity index (χ3v) is 4.60. The SMILES string of the molecule is O=C(Cc1ccc([N+](=O)[O-])cc1)N(Cc1ccoc1)Cc1cccs1. The van der Waals surface area contributed by atoms with Crippen molar-refractivity contribution in [2.24, 2.45) is 0 Å². The van der Waals surface area contributed by atoms with Crippen molar-refractivity contribution in [2.75, 3.05) is 0 Å². The quantitative estimate of drug-likeness (QED) is 0.473. The van der Waals surface area contributed by atoms with Crippen LogP contribution in [0.3, 0.4) is 0 Å². The molecule has 0 saturated heterocycles. The molecule has 0 aliphatic rings. The van der Waals surface area contributed by atoms with Crippen LogP contribution in [-0.2, 0) is 24.3 Å². The summed E-state index contributed by atoms with van der Waals surface area (Å²) in [6, 6.07) is 11.9. The number of benzene rings is 1. The summed E-state index contributed by atoms with van der Waals surface area (Å²) in [5, 5.41) is 12.7. The minimum absolute atomic E-state index is 0.0186. The summed E-state index contributed by atoms with van der Waals surface area (Å²) in [6.07, 6.45) is 3.40. The monoisotopic (exact) mass is 356 g/mol. The molecule has 2 heterocycles. The van der Waals surface area contributed by atoms with Crippen LogP contribution in [0.1, 0.15) is 16.0 Å². The van der Waals surface area contributed by atoms with E-state index in [1.807, 2.05) is 23.6 Å². The van der Waals surface area contributed by atoms with E-state index in [0.29, 0.717) is 13.1 Å². The minimum atomic E-state index is -0.451. The van der Waals surface area contributed by atoms with Gasteiger partial charge in [0.2, 0.25) is 5.91 Å². The van der Waals surface area contributed by atoms with Crippen LogP contribution in [0.4, 0.5) is 5.69 Å². The summed E-state index contributed by atoms with van der Waals surface area (Å²) in [4.78, 5) is 25.9. The van der Waals surface area contributed by atoms with Crippen molar-refractivity contribution >= 4 is 22.9 Å². The zero-order chi connectivity index (χ0) is 17.6. The molecule has 2 aromatic heterocycles. The van der Waals surface area contributed by atoms with Crippen LogP contribution in [0.2, 0.25) is 0 Å². The first kappa shape index (κ1) is 16.9. The first-order valence-corrected chi connectivity index (χ1v) is 8.54. The molecule has 0 aliphatic heterocycles. The van der Waals surface area contributed by atoms with E-state index in [2.05, 4.69) is 0 Å². The number of rotatable bonds is 7. The van der Waals surface area contributed by atoms with Crippen LogP contribution in [0.15, 0.2) is 64.8 Å². The Morgan fingerprint density at radius 1 is 1.12 bits per heavy atom. The van der Waals surface area contributed by atoms with Gasteiger partial charge < -0.3 is 9.32 Å². The molecule has 6 nitrogen and oxygen atoms in total. The highest BCUT2D eigenvalue weighted by atomic mass is 32.1. The van der Waals surface area contributed by atoms with Crippen molar-refractivity contribution in [3.05, 3.63) is 86.5 Å². The van der Waals surface area contributed by atoms with E-state index in [1.165, 1.54) is 12.1 Å². The highest BCUT2D eigenvalue weighted by Crippen LogP contribution is 2.17. The molecule has 0 spiro atoms. The number of carbonyl (C=O) groups excluding carboxylic acids is 1. The van der Waals surface area contributed by atoms with E-state index >= 15 is 0 Å². The molecular weight excluding hydrogens is 340 g/mol. The Morgan fingerprint density at radius 2 is 1.92 bits per heavy atom. The number of amides is 1. The lowest BCUT2D eigenvalue weighted by molar-refractivity contribution is -0.384. The van der Waals surface area contributed by atoms with Gasteiger partial charge in [-0.05, 0) is 23.1 Å². The normalized spacial score (nSPS) is 10.6. The number of nitrogens with zero attached hydrogens (tertiary/aromatic N) is 2. The van der Waals surface area contributed by atoms with Crippen molar-refractivity contribution in [3.8, 4) is 0 Å². The van der Waals surface area contributed by atoms with Crippen molar-refractivity contribution < 1.29 is 14.1 Å². The number of thiophene rings is 1. The summed E-state index contributed by atoms with van der Waals surface area (Å²) >= 11 is 1.60. The van der Waals surface area contributed by atoms with Gasteiger partial charge in [-0.25, -0.2) is 0 Å². The predicted molar refractivity (Wildman–Crippen MR) is 94.1 cm³/mol. The summed E-state index contributed by atoms with van der Waals surface area (Å²) < 4.78 is 5.09. The second kappa shape index (κ2) is 7.76. The standard InChI is InChI=1S/C18H16N2O4S/c21-18(10-14-3-5-16(6-4-14)20(22)23)19(11-15-7-8-24-13-15)12-17-2-1-9-25-17/h1-9,13H,10-12H2. The molecule has 3 rings (SSSR count). The highest BCUT2D eigenvalue weighted by Gasteiger charge is 2.17. The molecule has 0 unspecified atom stereocenters. The lowest BCUT2D eigenvalue weighted by Crippen LogP contribution is -2.31. The van der Waals surface area contributed by atoms with Gasteiger partial charge in [-0.2, -0.15) is 0 Å². The Labute approximate surface area is 148 Å². The lowest BCUT2D eigenvalue weighted by Gasteiger charge is -2.21. The first-order chi connectivity index (χ1) is 12.1. The Kier molecular flexibility index (Phi) is 5.25. The van der Waals surface area contributed by atoms with Gasteiger partial charge in [-0.15, -0.1) is 11.3 Å². The molecule has 0 radical (unpaired) electrons. The van der Waals surface area contributed by atoms with Crippen LogP contribution in [0, 0.1) is 10.1 Å². The number of nitro benzene ring substituents is 1. The van der Waals surface area contributed by atoms with Crippen LogP contribution in [0.25, 0.3) is 0 Å². The third kappa shape index (κ3) is 4.54. The zero-order valence-electron chi connectivity index (χ0n) is 13.3. The fourth-order valence-corrected chi connectivity index (χ4v) is 3.17. The molecule has 1 aromatic carbocycles. The Bertz CT molecular complexity index is 790. The maximum Gasteiger partial charge on any atom is 0.269 e. The first-order valence-electron chi connectivity index (χ1n) is 7.66. The van der Waals surface area contributed by atoms with Crippen LogP contribution < -0.4 is 0 Å². The molecule has 3 aromatic rings. The molecule has 1 amide bonds. The average Bonchev–Trinajstić information content (AvgIpc) is 3.28. The second-order valence-electron chi connectivity index (χ2n) is 5.56. The Balaban J connectivity index is 1.72. The van der Waals surface area contributed by atoms with Gasteiger partial charge in [0.25, 0.3) is 5.69 Å². The molecule has 0 saturated carbocycles. The average molecular weight is 356 g/mol. The maximum absolute atomic E-state index is 12.7. The fraction of sp³-hybridized carbons (Fsp3) is 0.167. The number of hydrogen-bond acceptors (Lipinski definition) is 5. The molecule has 128 valence electrons. The number of hydrogen-bond donors (Lipinski definition) is 0. The molecule has 25 heavy (non-hydrogen) atoms. The van der Waals surface area contributed by atoms with Gasteiger partial charge in [0.1, 0.15) is 0 Å². The summed E-state index contributed by atoms with van der Waals surface area (Å²) in [7, 11) is 0. The van der Waals surface area contributed by atoms with Crippen molar-refractivity contribution in [3.63, 3.8) is 0 Å². The van der Waals surface area contributed by atoms with Crippen molar-refractivity contribution in [2.45, 2.75) is 19.5 Å². The van der Waals surface area contributed by atoms with Gasteiger partial charge >= 0.3 is 0 Å². The van der Waals surface area contributed by atoms with Crippen LogP contribution in [-0.4, -0.2) is 15.7 Å². The Hall–Kier alpha value is -2.93. The molecule has 0 N–H and O–H groups in total.